The SMILES string of the molecule is CN(C)c1cccc2c1C(C=O)CCC2. The quantitative estimate of drug-likeness (QED) is 0.688. The first-order valence-electron chi connectivity index (χ1n) is 5.48. The van der Waals surface area contributed by atoms with E-state index < -0.39 is 0 Å². The molecule has 0 amide bonds. The van der Waals surface area contributed by atoms with Gasteiger partial charge in [0.05, 0.1) is 0 Å². The third-order valence-corrected chi connectivity index (χ3v) is 3.15. The number of benzene rings is 1. The molecule has 2 heteroatoms. The van der Waals surface area contributed by atoms with Gasteiger partial charge in [-0.2, -0.15) is 0 Å². The van der Waals surface area contributed by atoms with Crippen molar-refractivity contribution in [3.63, 3.8) is 0 Å². The predicted octanol–water partition coefficient (Wildman–Crippen LogP) is 2.37. The van der Waals surface area contributed by atoms with E-state index in [0.29, 0.717) is 0 Å². The van der Waals surface area contributed by atoms with Crippen LogP contribution < -0.4 is 4.90 Å². The Kier molecular flexibility index (Phi) is 2.76. The topological polar surface area (TPSA) is 20.3 Å². The normalized spacial score (nSPS) is 19.5. The van der Waals surface area contributed by atoms with E-state index in [1.165, 1.54) is 16.8 Å². The molecule has 0 saturated heterocycles. The van der Waals surface area contributed by atoms with Crippen molar-refractivity contribution >= 4 is 12.0 Å². The Hall–Kier alpha value is -1.31. The zero-order chi connectivity index (χ0) is 10.8. The molecule has 0 saturated carbocycles. The Morgan fingerprint density at radius 2 is 2.20 bits per heavy atom. The zero-order valence-corrected chi connectivity index (χ0v) is 9.36. The Bertz CT molecular complexity index is 371. The molecule has 0 radical (unpaired) electrons. The summed E-state index contributed by atoms with van der Waals surface area (Å²) < 4.78 is 0. The van der Waals surface area contributed by atoms with Crippen molar-refractivity contribution in [2.75, 3.05) is 19.0 Å². The van der Waals surface area contributed by atoms with Gasteiger partial charge in [-0.3, -0.25) is 0 Å². The van der Waals surface area contributed by atoms with Gasteiger partial charge in [-0.1, -0.05) is 12.1 Å². The molecule has 0 aliphatic heterocycles. The highest BCUT2D eigenvalue weighted by Gasteiger charge is 2.23. The monoisotopic (exact) mass is 203 g/mol. The van der Waals surface area contributed by atoms with Gasteiger partial charge in [0, 0.05) is 25.7 Å². The van der Waals surface area contributed by atoms with Crippen LogP contribution in [0.2, 0.25) is 0 Å². The minimum atomic E-state index is 0.104. The Labute approximate surface area is 90.9 Å². The van der Waals surface area contributed by atoms with E-state index in [9.17, 15) is 4.79 Å². The highest BCUT2D eigenvalue weighted by Crippen LogP contribution is 2.36. The molecule has 1 aliphatic rings. The number of nitrogens with zero attached hydrogens (tertiary/aromatic N) is 1. The van der Waals surface area contributed by atoms with Crippen molar-refractivity contribution in [1.29, 1.82) is 0 Å². The van der Waals surface area contributed by atoms with Crippen LogP contribution >= 0.6 is 0 Å². The van der Waals surface area contributed by atoms with Crippen molar-refractivity contribution in [3.05, 3.63) is 29.3 Å². The molecule has 1 unspecified atom stereocenters. The summed E-state index contributed by atoms with van der Waals surface area (Å²) in [6, 6.07) is 6.33. The smallest absolute Gasteiger partial charge is 0.127 e. The van der Waals surface area contributed by atoms with Crippen molar-refractivity contribution in [1.82, 2.24) is 0 Å². The van der Waals surface area contributed by atoms with Crippen LogP contribution in [0.25, 0.3) is 0 Å². The van der Waals surface area contributed by atoms with Gasteiger partial charge in [0.15, 0.2) is 0 Å². The van der Waals surface area contributed by atoms with Gasteiger partial charge in [-0.15, -0.1) is 0 Å². The van der Waals surface area contributed by atoms with Gasteiger partial charge < -0.3 is 9.69 Å². The average Bonchev–Trinajstić information content (AvgIpc) is 2.27. The standard InChI is InChI=1S/C13H17NO/c1-14(2)12-8-4-6-10-5-3-7-11(9-15)13(10)12/h4,6,8-9,11H,3,5,7H2,1-2H3. The van der Waals surface area contributed by atoms with Crippen LogP contribution in [0.4, 0.5) is 5.69 Å². The molecule has 0 spiro atoms. The molecule has 15 heavy (non-hydrogen) atoms. The average molecular weight is 203 g/mol. The van der Waals surface area contributed by atoms with Crippen molar-refractivity contribution < 1.29 is 4.79 Å². The lowest BCUT2D eigenvalue weighted by Crippen LogP contribution is -2.18. The summed E-state index contributed by atoms with van der Waals surface area (Å²) in [7, 11) is 4.07. The second-order valence-electron chi connectivity index (χ2n) is 4.38. The molecular formula is C13H17NO. The summed E-state index contributed by atoms with van der Waals surface area (Å²) in [5, 5.41) is 0. The molecule has 1 aromatic carbocycles. The third kappa shape index (κ3) is 1.76. The predicted molar refractivity (Wildman–Crippen MR) is 62.5 cm³/mol. The first kappa shape index (κ1) is 10.2. The van der Waals surface area contributed by atoms with Crippen molar-refractivity contribution in [2.24, 2.45) is 0 Å². The van der Waals surface area contributed by atoms with E-state index in [-0.39, 0.29) is 5.92 Å². The fourth-order valence-corrected chi connectivity index (χ4v) is 2.43. The number of hydrogen-bond donors (Lipinski definition) is 0. The summed E-state index contributed by atoms with van der Waals surface area (Å²) in [5.74, 6) is 0.104. The molecule has 1 atom stereocenters. The Balaban J connectivity index is 2.54. The van der Waals surface area contributed by atoms with Crippen molar-refractivity contribution in [3.8, 4) is 0 Å². The molecule has 0 fully saturated rings. The summed E-state index contributed by atoms with van der Waals surface area (Å²) >= 11 is 0. The van der Waals surface area contributed by atoms with Crippen LogP contribution in [0, 0.1) is 0 Å². The van der Waals surface area contributed by atoms with Gasteiger partial charge in [0.1, 0.15) is 6.29 Å². The molecule has 1 aliphatic carbocycles. The molecule has 1 aromatic rings. The lowest BCUT2D eigenvalue weighted by Gasteiger charge is -2.27. The summed E-state index contributed by atoms with van der Waals surface area (Å²) in [5.41, 5.74) is 3.80. The number of aryl methyl sites for hydroxylation is 1. The third-order valence-electron chi connectivity index (χ3n) is 3.15. The highest BCUT2D eigenvalue weighted by molar-refractivity contribution is 5.71. The van der Waals surface area contributed by atoms with Gasteiger partial charge >= 0.3 is 0 Å². The van der Waals surface area contributed by atoms with E-state index in [4.69, 9.17) is 0 Å². The van der Waals surface area contributed by atoms with Crippen LogP contribution in [0.3, 0.4) is 0 Å². The van der Waals surface area contributed by atoms with Gasteiger partial charge in [-0.05, 0) is 36.5 Å². The maximum Gasteiger partial charge on any atom is 0.127 e. The second-order valence-corrected chi connectivity index (χ2v) is 4.38. The number of carbonyl (C=O) groups excluding carboxylic acids is 1. The maximum atomic E-state index is 11.1. The largest absolute Gasteiger partial charge is 0.377 e. The Morgan fingerprint density at radius 1 is 1.40 bits per heavy atom. The minimum absolute atomic E-state index is 0.104. The number of hydrogen-bond acceptors (Lipinski definition) is 2. The zero-order valence-electron chi connectivity index (χ0n) is 9.36. The lowest BCUT2D eigenvalue weighted by molar-refractivity contribution is -0.109. The first-order chi connectivity index (χ1) is 7.24. The number of anilines is 1. The molecule has 0 heterocycles. The van der Waals surface area contributed by atoms with E-state index in [2.05, 4.69) is 23.1 Å². The van der Waals surface area contributed by atoms with Crippen LogP contribution in [-0.2, 0) is 11.2 Å². The number of rotatable bonds is 2. The van der Waals surface area contributed by atoms with E-state index >= 15 is 0 Å². The molecule has 80 valence electrons. The molecule has 2 rings (SSSR count). The van der Waals surface area contributed by atoms with Gasteiger partial charge in [0.2, 0.25) is 0 Å². The lowest BCUT2D eigenvalue weighted by atomic mass is 9.82. The maximum absolute atomic E-state index is 11.1. The molecule has 0 aromatic heterocycles. The van der Waals surface area contributed by atoms with Gasteiger partial charge in [0.25, 0.3) is 0 Å². The molecule has 0 N–H and O–H groups in total. The number of carbonyl (C=O) groups is 1. The molecular weight excluding hydrogens is 186 g/mol. The van der Waals surface area contributed by atoms with Crippen molar-refractivity contribution in [2.45, 2.75) is 25.2 Å². The van der Waals surface area contributed by atoms with Crippen LogP contribution in [-0.4, -0.2) is 20.4 Å². The fourth-order valence-electron chi connectivity index (χ4n) is 2.43. The number of fused-ring (bicyclic) bond motifs is 1. The van der Waals surface area contributed by atoms with E-state index in [1.807, 2.05) is 14.1 Å². The molecule has 0 bridgehead atoms. The summed E-state index contributed by atoms with van der Waals surface area (Å²) in [6.45, 7) is 0. The Morgan fingerprint density at radius 3 is 2.87 bits per heavy atom. The fraction of sp³-hybridized carbons (Fsp3) is 0.462. The van der Waals surface area contributed by atoms with E-state index in [1.54, 1.807) is 0 Å². The van der Waals surface area contributed by atoms with Crippen LogP contribution in [0.5, 0.6) is 0 Å². The van der Waals surface area contributed by atoms with Crippen LogP contribution in [0.15, 0.2) is 18.2 Å². The van der Waals surface area contributed by atoms with Crippen LogP contribution in [0.1, 0.15) is 29.9 Å². The number of aldehydes is 1. The minimum Gasteiger partial charge on any atom is -0.377 e. The highest BCUT2D eigenvalue weighted by atomic mass is 16.1. The summed E-state index contributed by atoms with van der Waals surface area (Å²) in [6.07, 6.45) is 4.35. The van der Waals surface area contributed by atoms with Gasteiger partial charge in [-0.25, -0.2) is 0 Å². The molecule has 2 nitrogen and oxygen atoms in total. The summed E-state index contributed by atoms with van der Waals surface area (Å²) in [4.78, 5) is 13.2. The first-order valence-corrected chi connectivity index (χ1v) is 5.48. The van der Waals surface area contributed by atoms with E-state index in [0.717, 1.165) is 25.5 Å². The second kappa shape index (κ2) is 4.05.